The molecule has 1 fully saturated rings. The Kier molecular flexibility index (Phi) is 25.8. The van der Waals surface area contributed by atoms with Crippen LogP contribution in [0, 0.1) is 17.8 Å². The van der Waals surface area contributed by atoms with Gasteiger partial charge in [-0.15, -0.1) is 0 Å². The third-order valence-corrected chi connectivity index (χ3v) is 15.8. The standard InChI is InChI=1S/C52H86N9O11P/c1-13-36(4)48(59(10)51(68)47(35(2)3)56-52(57(6)7)58(8)9)40(71-11)33-46(66)60-31-20-24-39(60)49(72-12)37(5)50(67)55-43(32-38-22-16-14-17-23-38)73(69,70)34-42(63)54-29-21-28-53-41(62)25-18-15-19-30-61-44(64)26-27-45(61)65/h14,16-17,22-23,26-27,35-37,39-40,43,47-49H,13,15,18-21,24-25,28-34H2,1-12H3,(H,53,62)(H,54,63)(H,55,67)(H,69,70)/t36?,37?,39-,40?,43?,47?,48?,49?/m0/s1. The van der Waals surface area contributed by atoms with Gasteiger partial charge in [-0.1, -0.05) is 77.8 Å². The van der Waals surface area contributed by atoms with E-state index in [2.05, 4.69) is 16.0 Å². The van der Waals surface area contributed by atoms with Crippen molar-refractivity contribution < 1.29 is 52.5 Å². The van der Waals surface area contributed by atoms with Crippen LogP contribution < -0.4 is 16.0 Å². The molecule has 1 aromatic carbocycles. The number of aliphatic imine (C=N–C) groups is 1. The Morgan fingerprint density at radius 2 is 1.48 bits per heavy atom. The molecule has 0 bridgehead atoms. The minimum atomic E-state index is -4.41. The molecule has 20 nitrogen and oxygen atoms in total. The largest absolute Gasteiger partial charge is 0.379 e. The first kappa shape index (κ1) is 62.1. The van der Waals surface area contributed by atoms with E-state index in [1.54, 1.807) is 61.2 Å². The second-order valence-corrected chi connectivity index (χ2v) is 22.6. The third kappa shape index (κ3) is 18.6. The van der Waals surface area contributed by atoms with Crippen molar-refractivity contribution in [3.63, 3.8) is 0 Å². The van der Waals surface area contributed by atoms with Gasteiger partial charge >= 0.3 is 0 Å². The van der Waals surface area contributed by atoms with E-state index >= 15 is 0 Å². The first-order chi connectivity index (χ1) is 34.5. The minimum Gasteiger partial charge on any atom is -0.379 e. The lowest BCUT2D eigenvalue weighted by molar-refractivity contribution is -0.146. The van der Waals surface area contributed by atoms with Crippen molar-refractivity contribution in [3.8, 4) is 0 Å². The van der Waals surface area contributed by atoms with Crippen LogP contribution in [0.15, 0.2) is 47.5 Å². The van der Waals surface area contributed by atoms with Gasteiger partial charge < -0.3 is 49.9 Å². The van der Waals surface area contributed by atoms with Gasteiger partial charge in [0.25, 0.3) is 11.8 Å². The van der Waals surface area contributed by atoms with E-state index in [4.69, 9.17) is 14.5 Å². The molecule has 1 saturated heterocycles. The maximum Gasteiger partial charge on any atom is 0.253 e. The van der Waals surface area contributed by atoms with Crippen molar-refractivity contribution in [1.82, 2.24) is 40.4 Å². The van der Waals surface area contributed by atoms with Gasteiger partial charge in [0.05, 0.1) is 36.6 Å². The van der Waals surface area contributed by atoms with Gasteiger partial charge in [-0.05, 0) is 49.5 Å². The summed E-state index contributed by atoms with van der Waals surface area (Å²) in [5.41, 5.74) is 0.672. The number of likely N-dealkylation sites (tertiary alicyclic amines) is 1. The normalized spacial score (nSPS) is 18.2. The van der Waals surface area contributed by atoms with Crippen molar-refractivity contribution >= 4 is 54.7 Å². The van der Waals surface area contributed by atoms with Gasteiger partial charge in [-0.3, -0.25) is 43.0 Å². The molecule has 7 amide bonds. The van der Waals surface area contributed by atoms with E-state index in [1.165, 1.54) is 24.2 Å². The molecule has 2 heterocycles. The fourth-order valence-corrected chi connectivity index (χ4v) is 11.1. The van der Waals surface area contributed by atoms with Gasteiger partial charge in [0, 0.05) is 101 Å². The molecule has 0 radical (unpaired) electrons. The monoisotopic (exact) mass is 1040 g/mol. The number of hydrogen-bond donors (Lipinski definition) is 4. The number of nitrogens with zero attached hydrogens (tertiary/aromatic N) is 6. The number of methoxy groups -OCH3 is 2. The number of ether oxygens (including phenoxy) is 2. The number of carbonyl (C=O) groups is 7. The predicted molar refractivity (Wildman–Crippen MR) is 281 cm³/mol. The molecule has 8 unspecified atom stereocenters. The molecule has 0 aliphatic carbocycles. The molecule has 4 N–H and O–H groups in total. The van der Waals surface area contributed by atoms with Crippen LogP contribution in [-0.4, -0.2) is 195 Å². The minimum absolute atomic E-state index is 0.0345. The third-order valence-electron chi connectivity index (χ3n) is 13.8. The van der Waals surface area contributed by atoms with Crippen molar-refractivity contribution in [1.29, 1.82) is 0 Å². The van der Waals surface area contributed by atoms with Crippen LogP contribution in [-0.2, 0) is 54.0 Å². The zero-order valence-electron chi connectivity index (χ0n) is 45.5. The smallest absolute Gasteiger partial charge is 0.253 e. The summed E-state index contributed by atoms with van der Waals surface area (Å²) in [4.78, 5) is 117. The fourth-order valence-electron chi connectivity index (χ4n) is 9.58. The maximum absolute atomic E-state index is 14.5. The van der Waals surface area contributed by atoms with Crippen molar-refractivity contribution in [3.05, 3.63) is 48.0 Å². The van der Waals surface area contributed by atoms with E-state index in [1.807, 2.05) is 65.7 Å². The van der Waals surface area contributed by atoms with Crippen molar-refractivity contribution in [2.75, 3.05) is 81.8 Å². The van der Waals surface area contributed by atoms with E-state index < -0.39 is 67.4 Å². The number of rotatable bonds is 30. The number of likely N-dealkylation sites (N-methyl/N-ethyl adjacent to an activating group) is 1. The topological polar surface area (TPSA) is 240 Å². The Morgan fingerprint density at radius 3 is 2.04 bits per heavy atom. The average Bonchev–Trinajstić information content (AvgIpc) is 3.95. The van der Waals surface area contributed by atoms with E-state index in [-0.39, 0.29) is 73.7 Å². The summed E-state index contributed by atoms with van der Waals surface area (Å²) in [5, 5.41) is 8.24. The summed E-state index contributed by atoms with van der Waals surface area (Å²) >= 11 is 0. The molecule has 3 rings (SSSR count). The maximum atomic E-state index is 14.5. The summed E-state index contributed by atoms with van der Waals surface area (Å²) in [6.45, 7) is 10.8. The summed E-state index contributed by atoms with van der Waals surface area (Å²) in [6, 6.07) is 7.21. The second-order valence-electron chi connectivity index (χ2n) is 20.1. The zero-order valence-corrected chi connectivity index (χ0v) is 46.4. The number of amides is 7. The summed E-state index contributed by atoms with van der Waals surface area (Å²) in [7, 11) is 7.86. The van der Waals surface area contributed by atoms with Gasteiger partial charge in [-0.25, -0.2) is 4.99 Å². The molecule has 410 valence electrons. The van der Waals surface area contributed by atoms with Gasteiger partial charge in [0.15, 0.2) is 5.96 Å². The zero-order chi connectivity index (χ0) is 54.6. The quantitative estimate of drug-likeness (QED) is 0.0284. The Balaban J connectivity index is 1.66. The number of carbonyl (C=O) groups excluding carboxylic acids is 7. The summed E-state index contributed by atoms with van der Waals surface area (Å²) < 4.78 is 26.2. The van der Waals surface area contributed by atoms with Gasteiger partial charge in [0.2, 0.25) is 36.9 Å². The Hall–Kier alpha value is -5.17. The molecule has 73 heavy (non-hydrogen) atoms. The lowest BCUT2D eigenvalue weighted by atomic mass is 9.89. The van der Waals surface area contributed by atoms with E-state index in [9.17, 15) is 43.0 Å². The first-order valence-corrected chi connectivity index (χ1v) is 27.7. The highest BCUT2D eigenvalue weighted by molar-refractivity contribution is 7.59. The number of hydrogen-bond acceptors (Lipinski definition) is 11. The van der Waals surface area contributed by atoms with E-state index in [0.717, 1.165) is 0 Å². The number of nitrogens with one attached hydrogen (secondary N) is 3. The first-order valence-electron chi connectivity index (χ1n) is 25.8. The molecular formula is C52H86N9O11P. The molecule has 21 heteroatoms. The molecule has 9 atom stereocenters. The van der Waals surface area contributed by atoms with Crippen LogP contribution in [0.4, 0.5) is 0 Å². The molecule has 2 aliphatic heterocycles. The summed E-state index contributed by atoms with van der Waals surface area (Å²) in [6.07, 6.45) is 4.54. The van der Waals surface area contributed by atoms with Gasteiger partial charge in [0.1, 0.15) is 18.0 Å². The van der Waals surface area contributed by atoms with Crippen LogP contribution in [0.3, 0.4) is 0 Å². The van der Waals surface area contributed by atoms with Crippen molar-refractivity contribution in [2.45, 2.75) is 135 Å². The number of benzene rings is 1. The van der Waals surface area contributed by atoms with Crippen molar-refractivity contribution in [2.24, 2.45) is 22.7 Å². The Morgan fingerprint density at radius 1 is 0.863 bits per heavy atom. The van der Waals surface area contributed by atoms with Crippen LogP contribution in [0.5, 0.6) is 0 Å². The highest BCUT2D eigenvalue weighted by Crippen LogP contribution is 2.46. The second kappa shape index (κ2) is 30.3. The predicted octanol–water partition coefficient (Wildman–Crippen LogP) is 3.47. The lowest BCUT2D eigenvalue weighted by Crippen LogP contribution is -2.55. The lowest BCUT2D eigenvalue weighted by Gasteiger charge is -2.40. The molecule has 0 saturated carbocycles. The van der Waals surface area contributed by atoms with Crippen LogP contribution in [0.2, 0.25) is 0 Å². The average molecular weight is 1040 g/mol. The Bertz CT molecular complexity index is 2080. The van der Waals surface area contributed by atoms with E-state index in [0.29, 0.717) is 69.6 Å². The SMILES string of the molecule is CCC(C)C(C(CC(=O)N1CCC[C@H]1C(OC)C(C)C(=O)NC(Cc1ccccc1)P(=O)(O)CC(=O)NCCCNC(=O)CCCCCN1C(=O)C=CC1=O)OC)N(C)C(=O)C(N=C(N(C)C)N(C)C)C(C)C. The van der Waals surface area contributed by atoms with Crippen LogP contribution in [0.1, 0.15) is 98.0 Å². The molecule has 0 spiro atoms. The number of guanidine groups is 1. The highest BCUT2D eigenvalue weighted by atomic mass is 31.2. The fraction of sp³-hybridized carbons (Fsp3) is 0.692. The molecule has 2 aliphatic rings. The Labute approximate surface area is 433 Å². The number of imide groups is 1. The van der Waals surface area contributed by atoms with Crippen LogP contribution >= 0.6 is 7.37 Å². The van der Waals surface area contributed by atoms with Crippen LogP contribution in [0.25, 0.3) is 0 Å². The molecule has 0 aromatic heterocycles. The summed E-state index contributed by atoms with van der Waals surface area (Å²) in [5.74, 6) is -4.25. The highest BCUT2D eigenvalue weighted by Gasteiger charge is 2.44. The van der Waals surface area contributed by atoms with Gasteiger partial charge in [-0.2, -0.15) is 0 Å². The molecule has 1 aromatic rings. The number of unbranched alkanes of at least 4 members (excludes halogenated alkanes) is 2. The molecular weight excluding hydrogens is 958 g/mol.